The number of para-hydroxylation sites is 1. The van der Waals surface area contributed by atoms with Gasteiger partial charge in [0.15, 0.2) is 10.9 Å². The molecule has 0 aliphatic heterocycles. The largest absolute Gasteiger partial charge is 0.294 e. The lowest BCUT2D eigenvalue weighted by molar-refractivity contribution is -0.384. The summed E-state index contributed by atoms with van der Waals surface area (Å²) in [7, 11) is 0. The molecule has 0 bridgehead atoms. The smallest absolute Gasteiger partial charge is 0.269 e. The Labute approximate surface area is 200 Å². The van der Waals surface area contributed by atoms with E-state index in [0.717, 1.165) is 16.8 Å². The van der Waals surface area contributed by atoms with E-state index in [-0.39, 0.29) is 34.2 Å². The molecule has 1 heterocycles. The molecule has 0 fully saturated rings. The molecule has 4 aromatic rings. The maximum atomic E-state index is 12.6. The molecule has 0 spiro atoms. The number of non-ortho nitro benzene ring substituents is 1. The van der Waals surface area contributed by atoms with Gasteiger partial charge < -0.3 is 0 Å². The number of carbonyl (C=O) groups excluding carboxylic acids is 1. The fourth-order valence-corrected chi connectivity index (χ4v) is 3.97. The van der Waals surface area contributed by atoms with Crippen LogP contribution in [-0.4, -0.2) is 26.0 Å². The molecule has 0 amide bonds. The van der Waals surface area contributed by atoms with Gasteiger partial charge in [0.05, 0.1) is 16.4 Å². The molecule has 1 aromatic heterocycles. The summed E-state index contributed by atoms with van der Waals surface area (Å²) in [5.74, 6) is 0.288. The van der Waals surface area contributed by atoms with E-state index in [2.05, 4.69) is 0 Å². The van der Waals surface area contributed by atoms with Gasteiger partial charge in [-0.05, 0) is 31.2 Å². The van der Waals surface area contributed by atoms with Gasteiger partial charge in [-0.1, -0.05) is 59.8 Å². The normalized spacial score (nSPS) is 10.4. The molecule has 0 radical (unpaired) electrons. The van der Waals surface area contributed by atoms with E-state index in [9.17, 15) is 14.9 Å². The standard InChI is InChI=1S/C24H19N3O3S.BrH/c1-17-7-9-19(10-8-17)23(28)16-31-24-25-22(15-26(24)20-5-3-2-4-6-20)18-11-13-21(14-12-18)27(29)30;/h2-15H,16H2,1H3;1H. The number of aromatic nitrogens is 2. The number of hydrogen-bond acceptors (Lipinski definition) is 5. The average molecular weight is 510 g/mol. The molecule has 8 heteroatoms. The summed E-state index contributed by atoms with van der Waals surface area (Å²) >= 11 is 1.37. The fraction of sp³-hybridized carbons (Fsp3) is 0.0833. The third-order valence-electron chi connectivity index (χ3n) is 4.79. The summed E-state index contributed by atoms with van der Waals surface area (Å²) in [6, 6.07) is 23.6. The highest BCUT2D eigenvalue weighted by molar-refractivity contribution is 8.93. The highest BCUT2D eigenvalue weighted by Gasteiger charge is 2.15. The first kappa shape index (κ1) is 23.4. The molecular weight excluding hydrogens is 490 g/mol. The number of ketones is 1. The highest BCUT2D eigenvalue weighted by atomic mass is 79.9. The van der Waals surface area contributed by atoms with E-state index >= 15 is 0 Å². The molecular formula is C24H20BrN3O3S. The fourth-order valence-electron chi connectivity index (χ4n) is 3.08. The lowest BCUT2D eigenvalue weighted by atomic mass is 10.1. The molecule has 0 saturated heterocycles. The van der Waals surface area contributed by atoms with Crippen LogP contribution in [0.5, 0.6) is 0 Å². The number of hydrogen-bond donors (Lipinski definition) is 0. The van der Waals surface area contributed by atoms with Crippen LogP contribution < -0.4 is 0 Å². The predicted octanol–water partition coefficient (Wildman–Crippen LogP) is 6.31. The second-order valence-corrected chi connectivity index (χ2v) is 7.94. The van der Waals surface area contributed by atoms with Gasteiger partial charge in [0.25, 0.3) is 5.69 Å². The topological polar surface area (TPSA) is 78.0 Å². The van der Waals surface area contributed by atoms with Gasteiger partial charge in [-0.25, -0.2) is 4.98 Å². The quantitative estimate of drug-likeness (QED) is 0.126. The highest BCUT2D eigenvalue weighted by Crippen LogP contribution is 2.29. The number of halogens is 1. The molecule has 6 nitrogen and oxygen atoms in total. The third-order valence-corrected chi connectivity index (χ3v) is 5.74. The number of benzene rings is 3. The number of thioether (sulfide) groups is 1. The first-order valence-corrected chi connectivity index (χ1v) is 10.6. The van der Waals surface area contributed by atoms with Crippen LogP contribution in [0.25, 0.3) is 16.9 Å². The summed E-state index contributed by atoms with van der Waals surface area (Å²) in [4.78, 5) is 27.8. The van der Waals surface area contributed by atoms with Crippen molar-refractivity contribution in [3.63, 3.8) is 0 Å². The van der Waals surface area contributed by atoms with Crippen LogP contribution in [0, 0.1) is 17.0 Å². The number of rotatable bonds is 7. The molecule has 3 aromatic carbocycles. The van der Waals surface area contributed by atoms with E-state index < -0.39 is 4.92 Å². The van der Waals surface area contributed by atoms with Crippen molar-refractivity contribution >= 4 is 40.2 Å². The van der Waals surface area contributed by atoms with Crippen LogP contribution in [0.4, 0.5) is 5.69 Å². The summed E-state index contributed by atoms with van der Waals surface area (Å²) in [5, 5.41) is 11.6. The maximum Gasteiger partial charge on any atom is 0.269 e. The Balaban J connectivity index is 0.00000289. The van der Waals surface area contributed by atoms with Gasteiger partial charge in [-0.15, -0.1) is 17.0 Å². The van der Waals surface area contributed by atoms with Crippen LogP contribution in [0.15, 0.2) is 90.2 Å². The zero-order valence-electron chi connectivity index (χ0n) is 17.2. The summed E-state index contributed by atoms with van der Waals surface area (Å²) < 4.78 is 1.93. The summed E-state index contributed by atoms with van der Waals surface area (Å²) in [6.45, 7) is 1.99. The second-order valence-electron chi connectivity index (χ2n) is 7.00. The van der Waals surface area contributed by atoms with Crippen molar-refractivity contribution in [2.75, 3.05) is 5.75 Å². The van der Waals surface area contributed by atoms with Crippen molar-refractivity contribution in [3.8, 4) is 16.9 Å². The molecule has 0 N–H and O–H groups in total. The zero-order valence-corrected chi connectivity index (χ0v) is 19.7. The number of carbonyl (C=O) groups is 1. The van der Waals surface area contributed by atoms with Crippen LogP contribution in [0.1, 0.15) is 15.9 Å². The molecule has 0 atom stereocenters. The maximum absolute atomic E-state index is 12.6. The van der Waals surface area contributed by atoms with Crippen molar-refractivity contribution < 1.29 is 9.72 Å². The SMILES string of the molecule is Br.Cc1ccc(C(=O)CSc2nc(-c3ccc([N+](=O)[O-])cc3)cn2-c2ccccc2)cc1. The summed E-state index contributed by atoms with van der Waals surface area (Å²) in [5.41, 5.74) is 4.19. The lowest BCUT2D eigenvalue weighted by Gasteiger charge is -2.07. The first-order valence-electron chi connectivity index (χ1n) is 9.63. The number of nitro benzene ring substituents is 1. The van der Waals surface area contributed by atoms with Crippen molar-refractivity contribution in [1.82, 2.24) is 9.55 Å². The molecule has 32 heavy (non-hydrogen) atoms. The lowest BCUT2D eigenvalue weighted by Crippen LogP contribution is -2.04. The molecule has 0 aliphatic rings. The average Bonchev–Trinajstić information content (AvgIpc) is 3.23. The monoisotopic (exact) mass is 509 g/mol. The van der Waals surface area contributed by atoms with Crippen LogP contribution in [0.2, 0.25) is 0 Å². The first-order chi connectivity index (χ1) is 15.0. The molecule has 162 valence electrons. The second kappa shape index (κ2) is 10.4. The van der Waals surface area contributed by atoms with E-state index in [1.807, 2.05) is 72.3 Å². The van der Waals surface area contributed by atoms with E-state index in [1.165, 1.54) is 23.9 Å². The van der Waals surface area contributed by atoms with Crippen molar-refractivity contribution in [2.24, 2.45) is 0 Å². The van der Waals surface area contributed by atoms with Crippen molar-refractivity contribution in [2.45, 2.75) is 12.1 Å². The summed E-state index contributed by atoms with van der Waals surface area (Å²) in [6.07, 6.45) is 1.88. The molecule has 0 aliphatic carbocycles. The van der Waals surface area contributed by atoms with Crippen LogP contribution in [-0.2, 0) is 0 Å². The van der Waals surface area contributed by atoms with Crippen molar-refractivity contribution in [1.29, 1.82) is 0 Å². The van der Waals surface area contributed by atoms with Gasteiger partial charge in [0.2, 0.25) is 0 Å². The Hall–Kier alpha value is -3.23. The van der Waals surface area contributed by atoms with Gasteiger partial charge in [-0.3, -0.25) is 19.5 Å². The number of nitrogens with zero attached hydrogens (tertiary/aromatic N) is 3. The Morgan fingerprint density at radius 1 is 1.00 bits per heavy atom. The minimum atomic E-state index is -0.426. The number of nitro groups is 1. The van der Waals surface area contributed by atoms with E-state index in [4.69, 9.17) is 4.98 Å². The Morgan fingerprint density at radius 2 is 1.66 bits per heavy atom. The minimum absolute atomic E-state index is 0. The predicted molar refractivity (Wildman–Crippen MR) is 132 cm³/mol. The van der Waals surface area contributed by atoms with Crippen LogP contribution in [0.3, 0.4) is 0 Å². The number of Topliss-reactive ketones (excluding diaryl/α,β-unsaturated/α-hetero) is 1. The zero-order chi connectivity index (χ0) is 21.8. The Bertz CT molecular complexity index is 1220. The Kier molecular flexibility index (Phi) is 7.61. The molecule has 4 rings (SSSR count). The van der Waals surface area contributed by atoms with E-state index in [1.54, 1.807) is 12.1 Å². The Morgan fingerprint density at radius 3 is 2.28 bits per heavy atom. The van der Waals surface area contributed by atoms with Gasteiger partial charge >= 0.3 is 0 Å². The van der Waals surface area contributed by atoms with Crippen molar-refractivity contribution in [3.05, 3.63) is 106 Å². The number of aryl methyl sites for hydroxylation is 1. The van der Waals surface area contributed by atoms with Gasteiger partial charge in [0, 0.05) is 35.1 Å². The molecule has 0 saturated carbocycles. The number of imidazole rings is 1. The van der Waals surface area contributed by atoms with Gasteiger partial charge in [0.1, 0.15) is 0 Å². The minimum Gasteiger partial charge on any atom is -0.294 e. The van der Waals surface area contributed by atoms with Crippen LogP contribution >= 0.6 is 28.7 Å². The third kappa shape index (κ3) is 5.33. The van der Waals surface area contributed by atoms with Gasteiger partial charge in [-0.2, -0.15) is 0 Å². The van der Waals surface area contributed by atoms with E-state index in [0.29, 0.717) is 16.4 Å². The molecule has 0 unspecified atom stereocenters.